The number of allylic oxidation sites excluding steroid dienone is 1. The Labute approximate surface area is 184 Å². The molecule has 0 aliphatic carbocycles. The molecule has 0 saturated heterocycles. The summed E-state index contributed by atoms with van der Waals surface area (Å²) in [5, 5.41) is 9.73. The lowest BCUT2D eigenvalue weighted by Gasteiger charge is -2.09. The predicted molar refractivity (Wildman–Crippen MR) is 121 cm³/mol. The lowest BCUT2D eigenvalue weighted by molar-refractivity contribution is 0.0696. The highest BCUT2D eigenvalue weighted by Gasteiger charge is 2.15. The standard InChI is InChI=1S/C24H19ClO4S/c1-29-21-12-4-16(5-13-21)14-22(30-15-17-2-10-20(25)11-3-17)23(26)18-6-8-19(9-7-18)24(27)28/h2-14H,15H2,1H3,(H,27,28)/b22-14+. The fourth-order valence-corrected chi connectivity index (χ4v) is 3.78. The van der Waals surface area contributed by atoms with E-state index in [0.29, 0.717) is 21.2 Å². The first-order valence-electron chi connectivity index (χ1n) is 9.07. The number of hydrogen-bond donors (Lipinski definition) is 1. The fourth-order valence-electron chi connectivity index (χ4n) is 2.67. The molecule has 3 aromatic carbocycles. The summed E-state index contributed by atoms with van der Waals surface area (Å²) in [7, 11) is 1.60. The third kappa shape index (κ3) is 5.75. The van der Waals surface area contributed by atoms with Gasteiger partial charge in [-0.1, -0.05) is 48.0 Å². The Bertz CT molecular complexity index is 1060. The molecule has 0 amide bonds. The third-order valence-corrected chi connectivity index (χ3v) is 5.68. The van der Waals surface area contributed by atoms with Gasteiger partial charge < -0.3 is 9.84 Å². The first-order valence-corrected chi connectivity index (χ1v) is 10.4. The number of hydrogen-bond acceptors (Lipinski definition) is 4. The lowest BCUT2D eigenvalue weighted by atomic mass is 10.1. The number of methoxy groups -OCH3 is 1. The van der Waals surface area contributed by atoms with Crippen LogP contribution in [0.4, 0.5) is 0 Å². The molecular weight excluding hydrogens is 420 g/mol. The van der Waals surface area contributed by atoms with Crippen LogP contribution >= 0.6 is 23.4 Å². The molecule has 3 rings (SSSR count). The van der Waals surface area contributed by atoms with Gasteiger partial charge in [-0.2, -0.15) is 0 Å². The number of aromatic carboxylic acids is 1. The Morgan fingerprint density at radius 1 is 0.933 bits per heavy atom. The van der Waals surface area contributed by atoms with Crippen LogP contribution in [0.25, 0.3) is 6.08 Å². The highest BCUT2D eigenvalue weighted by Crippen LogP contribution is 2.28. The summed E-state index contributed by atoms with van der Waals surface area (Å²) in [6.07, 6.45) is 1.83. The average Bonchev–Trinajstić information content (AvgIpc) is 2.77. The first-order chi connectivity index (χ1) is 14.5. The van der Waals surface area contributed by atoms with Gasteiger partial charge in [0.1, 0.15) is 5.75 Å². The van der Waals surface area contributed by atoms with Gasteiger partial charge in [-0.3, -0.25) is 4.79 Å². The van der Waals surface area contributed by atoms with Gasteiger partial charge >= 0.3 is 5.97 Å². The zero-order chi connectivity index (χ0) is 21.5. The van der Waals surface area contributed by atoms with Crippen LogP contribution in [0.1, 0.15) is 31.8 Å². The van der Waals surface area contributed by atoms with E-state index < -0.39 is 5.97 Å². The van der Waals surface area contributed by atoms with E-state index in [4.69, 9.17) is 21.4 Å². The van der Waals surface area contributed by atoms with Crippen molar-refractivity contribution in [1.29, 1.82) is 0 Å². The summed E-state index contributed by atoms with van der Waals surface area (Å²) in [6.45, 7) is 0. The maximum absolute atomic E-state index is 13.1. The molecule has 3 aromatic rings. The maximum Gasteiger partial charge on any atom is 0.335 e. The SMILES string of the molecule is COc1ccc(/C=C(/SCc2ccc(Cl)cc2)C(=O)c2ccc(C(=O)O)cc2)cc1. The molecule has 0 aliphatic rings. The number of carbonyl (C=O) groups is 2. The number of rotatable bonds is 8. The smallest absolute Gasteiger partial charge is 0.335 e. The number of halogens is 1. The predicted octanol–water partition coefficient (Wildman–Crippen LogP) is 6.20. The van der Waals surface area contributed by atoms with Crippen molar-refractivity contribution in [3.8, 4) is 5.75 Å². The van der Waals surface area contributed by atoms with Crippen LogP contribution in [0.15, 0.2) is 77.7 Å². The summed E-state index contributed by atoms with van der Waals surface area (Å²) in [6, 6.07) is 20.8. The van der Waals surface area contributed by atoms with Crippen molar-refractivity contribution in [3.63, 3.8) is 0 Å². The monoisotopic (exact) mass is 438 g/mol. The van der Waals surface area contributed by atoms with Gasteiger partial charge in [0.25, 0.3) is 0 Å². The second-order valence-electron chi connectivity index (χ2n) is 6.41. The number of ether oxygens (including phenoxy) is 1. The second kappa shape index (κ2) is 10.1. The van der Waals surface area contributed by atoms with Gasteiger partial charge in [0.15, 0.2) is 5.78 Å². The fraction of sp³-hybridized carbons (Fsp3) is 0.0833. The lowest BCUT2D eigenvalue weighted by Crippen LogP contribution is -2.03. The molecule has 0 aromatic heterocycles. The summed E-state index contributed by atoms with van der Waals surface area (Å²) in [5.74, 6) is 0.137. The molecule has 30 heavy (non-hydrogen) atoms. The van der Waals surface area contributed by atoms with Crippen LogP contribution in [0.3, 0.4) is 0 Å². The minimum Gasteiger partial charge on any atom is -0.497 e. The number of benzene rings is 3. The molecule has 4 nitrogen and oxygen atoms in total. The van der Waals surface area contributed by atoms with Crippen molar-refractivity contribution >= 4 is 41.2 Å². The van der Waals surface area contributed by atoms with Crippen molar-refractivity contribution in [2.75, 3.05) is 7.11 Å². The Morgan fingerprint density at radius 2 is 1.53 bits per heavy atom. The summed E-state index contributed by atoms with van der Waals surface area (Å²) >= 11 is 7.37. The zero-order valence-electron chi connectivity index (χ0n) is 16.2. The van der Waals surface area contributed by atoms with Gasteiger partial charge in [0.05, 0.1) is 17.6 Å². The topological polar surface area (TPSA) is 63.6 Å². The van der Waals surface area contributed by atoms with Crippen LogP contribution in [0.2, 0.25) is 5.02 Å². The zero-order valence-corrected chi connectivity index (χ0v) is 17.7. The molecule has 0 aliphatic heterocycles. The third-order valence-electron chi connectivity index (χ3n) is 4.34. The highest BCUT2D eigenvalue weighted by atomic mass is 35.5. The molecule has 0 atom stereocenters. The number of Topliss-reactive ketones (excluding diaryl/α,β-unsaturated/α-hetero) is 1. The van der Waals surface area contributed by atoms with Gasteiger partial charge in [-0.05, 0) is 53.6 Å². The van der Waals surface area contributed by atoms with Crippen molar-refractivity contribution in [2.45, 2.75) is 5.75 Å². The van der Waals surface area contributed by atoms with E-state index in [9.17, 15) is 9.59 Å². The molecule has 152 valence electrons. The Balaban J connectivity index is 1.88. The number of carboxylic acids is 1. The Hall–Kier alpha value is -3.02. The molecule has 1 N–H and O–H groups in total. The van der Waals surface area contributed by atoms with E-state index in [1.807, 2.05) is 54.6 Å². The Morgan fingerprint density at radius 3 is 2.10 bits per heavy atom. The normalized spacial score (nSPS) is 11.2. The number of thioether (sulfide) groups is 1. The van der Waals surface area contributed by atoms with Gasteiger partial charge in [0.2, 0.25) is 0 Å². The number of carboxylic acid groups (broad SMARTS) is 1. The van der Waals surface area contributed by atoms with E-state index in [2.05, 4.69) is 0 Å². The van der Waals surface area contributed by atoms with E-state index in [1.165, 1.54) is 36.0 Å². The summed E-state index contributed by atoms with van der Waals surface area (Å²) in [4.78, 5) is 24.8. The Kier molecular flexibility index (Phi) is 7.33. The van der Waals surface area contributed by atoms with Crippen molar-refractivity contribution in [1.82, 2.24) is 0 Å². The number of ketones is 1. The number of carbonyl (C=O) groups excluding carboxylic acids is 1. The van der Waals surface area contributed by atoms with Crippen LogP contribution < -0.4 is 4.74 Å². The molecular formula is C24H19ClO4S. The molecule has 0 spiro atoms. The largest absolute Gasteiger partial charge is 0.497 e. The molecule has 0 fully saturated rings. The van der Waals surface area contributed by atoms with E-state index in [-0.39, 0.29) is 11.3 Å². The van der Waals surface area contributed by atoms with Gasteiger partial charge in [-0.15, -0.1) is 11.8 Å². The molecule has 0 radical (unpaired) electrons. The molecule has 0 saturated carbocycles. The van der Waals surface area contributed by atoms with Crippen molar-refractivity contribution in [3.05, 3.63) is 105 Å². The van der Waals surface area contributed by atoms with Gasteiger partial charge in [-0.25, -0.2) is 4.79 Å². The first kappa shape index (κ1) is 21.7. The van der Waals surface area contributed by atoms with E-state index in [1.54, 1.807) is 7.11 Å². The van der Waals surface area contributed by atoms with Crippen molar-refractivity contribution in [2.24, 2.45) is 0 Å². The minimum absolute atomic E-state index is 0.140. The van der Waals surface area contributed by atoms with Crippen LogP contribution in [-0.4, -0.2) is 24.0 Å². The average molecular weight is 439 g/mol. The van der Waals surface area contributed by atoms with E-state index in [0.717, 1.165) is 16.9 Å². The maximum atomic E-state index is 13.1. The minimum atomic E-state index is -1.03. The molecule has 0 heterocycles. The summed E-state index contributed by atoms with van der Waals surface area (Å²) in [5.41, 5.74) is 2.48. The van der Waals surface area contributed by atoms with Crippen LogP contribution in [-0.2, 0) is 5.75 Å². The molecule has 6 heteroatoms. The van der Waals surface area contributed by atoms with Gasteiger partial charge in [0, 0.05) is 16.3 Å². The van der Waals surface area contributed by atoms with Crippen LogP contribution in [0.5, 0.6) is 5.75 Å². The van der Waals surface area contributed by atoms with Crippen LogP contribution in [0, 0.1) is 0 Å². The molecule has 0 bridgehead atoms. The van der Waals surface area contributed by atoms with Crippen molar-refractivity contribution < 1.29 is 19.4 Å². The summed E-state index contributed by atoms with van der Waals surface area (Å²) < 4.78 is 5.18. The van der Waals surface area contributed by atoms with E-state index >= 15 is 0 Å². The second-order valence-corrected chi connectivity index (χ2v) is 7.86. The quantitative estimate of drug-likeness (QED) is 0.335. The highest BCUT2D eigenvalue weighted by molar-refractivity contribution is 8.03. The molecule has 0 unspecified atom stereocenters.